The van der Waals surface area contributed by atoms with Crippen molar-refractivity contribution in [2.45, 2.75) is 32.2 Å². The number of para-hydroxylation sites is 1. The average Bonchev–Trinajstić information content (AvgIpc) is 3.21. The van der Waals surface area contributed by atoms with Crippen molar-refractivity contribution in [2.75, 3.05) is 25.6 Å². The van der Waals surface area contributed by atoms with E-state index in [2.05, 4.69) is 36.2 Å². The number of amides is 1. The van der Waals surface area contributed by atoms with Crippen molar-refractivity contribution < 1.29 is 13.9 Å². The highest BCUT2D eigenvalue weighted by atomic mass is 19.1. The number of methoxy groups -OCH3 is 1. The molecule has 0 bridgehead atoms. The molecule has 0 fully saturated rings. The molecule has 2 unspecified atom stereocenters. The van der Waals surface area contributed by atoms with Crippen molar-refractivity contribution in [2.24, 2.45) is 5.92 Å². The normalized spacial score (nSPS) is 17.8. The second kappa shape index (κ2) is 11.3. The maximum absolute atomic E-state index is 13.9. The summed E-state index contributed by atoms with van der Waals surface area (Å²) >= 11 is 0. The minimum Gasteiger partial charge on any atom is -0.385 e. The van der Waals surface area contributed by atoms with E-state index in [1.807, 2.05) is 60.7 Å². The van der Waals surface area contributed by atoms with Gasteiger partial charge in [0.2, 0.25) is 0 Å². The molecular formula is C30H33FN2O2. The van der Waals surface area contributed by atoms with Crippen molar-refractivity contribution in [1.82, 2.24) is 4.90 Å². The number of halogens is 1. The van der Waals surface area contributed by atoms with Crippen LogP contribution in [0, 0.1) is 11.7 Å². The number of carbonyl (C=O) groups excluding carboxylic acids is 1. The smallest absolute Gasteiger partial charge is 0.254 e. The van der Waals surface area contributed by atoms with Crippen LogP contribution in [0.1, 0.15) is 43.4 Å². The van der Waals surface area contributed by atoms with E-state index < -0.39 is 0 Å². The van der Waals surface area contributed by atoms with Gasteiger partial charge in [-0.15, -0.1) is 0 Å². The van der Waals surface area contributed by atoms with Crippen LogP contribution in [0.25, 0.3) is 0 Å². The quantitative estimate of drug-likeness (QED) is 0.359. The number of hydrogen-bond acceptors (Lipinski definition) is 3. The Morgan fingerprint density at radius 2 is 1.57 bits per heavy atom. The molecular weight excluding hydrogens is 439 g/mol. The van der Waals surface area contributed by atoms with Crippen LogP contribution in [0.3, 0.4) is 0 Å². The van der Waals surface area contributed by atoms with E-state index in [9.17, 15) is 9.18 Å². The number of nitrogens with zero attached hydrogens (tertiary/aromatic N) is 1. The molecule has 0 aliphatic carbocycles. The Balaban J connectivity index is 1.87. The van der Waals surface area contributed by atoms with E-state index in [-0.39, 0.29) is 29.6 Å². The Labute approximate surface area is 207 Å². The molecule has 0 spiro atoms. The summed E-state index contributed by atoms with van der Waals surface area (Å²) in [5.41, 5.74) is 4.60. The van der Waals surface area contributed by atoms with Gasteiger partial charge in [-0.25, -0.2) is 4.39 Å². The minimum atomic E-state index is -0.270. The maximum Gasteiger partial charge on any atom is 0.254 e. The van der Waals surface area contributed by atoms with Crippen molar-refractivity contribution in [3.05, 3.63) is 113 Å². The second-order valence-corrected chi connectivity index (χ2v) is 9.20. The van der Waals surface area contributed by atoms with Gasteiger partial charge in [-0.1, -0.05) is 74.5 Å². The number of benzene rings is 3. The van der Waals surface area contributed by atoms with E-state index in [0.29, 0.717) is 6.61 Å². The largest absolute Gasteiger partial charge is 0.385 e. The summed E-state index contributed by atoms with van der Waals surface area (Å²) < 4.78 is 19.2. The predicted molar refractivity (Wildman–Crippen MR) is 138 cm³/mol. The lowest BCUT2D eigenvalue weighted by atomic mass is 9.82. The number of anilines is 1. The number of ether oxygens (including phenoxy) is 1. The Morgan fingerprint density at radius 3 is 2.17 bits per heavy atom. The van der Waals surface area contributed by atoms with Crippen molar-refractivity contribution in [1.29, 1.82) is 0 Å². The van der Waals surface area contributed by atoms with Gasteiger partial charge < -0.3 is 15.0 Å². The molecule has 35 heavy (non-hydrogen) atoms. The second-order valence-electron chi connectivity index (χ2n) is 9.20. The summed E-state index contributed by atoms with van der Waals surface area (Å²) in [6.45, 7) is 5.61. The number of carbonyl (C=O) groups is 1. The number of allylic oxidation sites excluding steroid dienone is 1. The third kappa shape index (κ3) is 5.46. The number of hydrogen-bond donors (Lipinski definition) is 1. The average molecular weight is 473 g/mol. The first-order chi connectivity index (χ1) is 17.0. The van der Waals surface area contributed by atoms with Gasteiger partial charge in [-0.2, -0.15) is 0 Å². The molecule has 0 radical (unpaired) electrons. The van der Waals surface area contributed by atoms with E-state index in [1.165, 1.54) is 12.1 Å². The fraction of sp³-hybridized carbons (Fsp3) is 0.300. The fourth-order valence-electron chi connectivity index (χ4n) is 5.10. The molecule has 0 saturated carbocycles. The first-order valence-corrected chi connectivity index (χ1v) is 12.2. The minimum absolute atomic E-state index is 0.102. The molecule has 1 amide bonds. The van der Waals surface area contributed by atoms with Crippen molar-refractivity contribution in [3.63, 3.8) is 0 Å². The van der Waals surface area contributed by atoms with Gasteiger partial charge in [-0.05, 0) is 47.7 Å². The van der Waals surface area contributed by atoms with E-state index in [4.69, 9.17) is 4.74 Å². The third-order valence-electron chi connectivity index (χ3n) is 6.49. The van der Waals surface area contributed by atoms with Crippen LogP contribution in [0.15, 0.2) is 96.2 Å². The topological polar surface area (TPSA) is 41.6 Å². The summed E-state index contributed by atoms with van der Waals surface area (Å²) in [5.74, 6) is -0.459. The highest BCUT2D eigenvalue weighted by Crippen LogP contribution is 2.51. The van der Waals surface area contributed by atoms with Crippen LogP contribution >= 0.6 is 0 Å². The molecule has 0 aromatic heterocycles. The van der Waals surface area contributed by atoms with Gasteiger partial charge in [0.25, 0.3) is 5.91 Å². The number of nitrogens with one attached hydrogen (secondary N) is 1. The lowest BCUT2D eigenvalue weighted by molar-refractivity contribution is -0.113. The zero-order chi connectivity index (χ0) is 24.8. The zero-order valence-corrected chi connectivity index (χ0v) is 20.6. The summed E-state index contributed by atoms with van der Waals surface area (Å²) in [5, 5.41) is 3.13. The molecule has 1 heterocycles. The lowest BCUT2D eigenvalue weighted by Gasteiger charge is -2.34. The standard InChI is InChI=1S/C30H33FN2O2/c1-21(2)28-27(30(34)32-25-13-8-5-9-14-25)26(22-11-6-4-7-12-22)29(33(28)19-10-20-35-3)23-15-17-24(31)18-16-23/h4-9,11-18,21,26,29H,10,19-20H2,1-3H3,(H,32,34). The summed E-state index contributed by atoms with van der Waals surface area (Å²) in [6.07, 6.45) is 0.819. The molecule has 5 heteroatoms. The van der Waals surface area contributed by atoms with Crippen LogP contribution < -0.4 is 5.32 Å². The van der Waals surface area contributed by atoms with Gasteiger partial charge in [0, 0.05) is 43.1 Å². The van der Waals surface area contributed by atoms with Crippen LogP contribution in [-0.2, 0) is 9.53 Å². The molecule has 3 aromatic rings. The monoisotopic (exact) mass is 472 g/mol. The Morgan fingerprint density at radius 1 is 0.943 bits per heavy atom. The molecule has 182 valence electrons. The first-order valence-electron chi connectivity index (χ1n) is 12.2. The van der Waals surface area contributed by atoms with Crippen LogP contribution in [-0.4, -0.2) is 31.1 Å². The molecule has 1 aliphatic heterocycles. The van der Waals surface area contributed by atoms with Crippen LogP contribution in [0.2, 0.25) is 0 Å². The van der Waals surface area contributed by atoms with Gasteiger partial charge >= 0.3 is 0 Å². The molecule has 1 aliphatic rings. The van der Waals surface area contributed by atoms with E-state index in [0.717, 1.165) is 41.1 Å². The Bertz CT molecular complexity index is 1140. The summed E-state index contributed by atoms with van der Waals surface area (Å²) in [6, 6.07) is 26.3. The lowest BCUT2D eigenvalue weighted by Crippen LogP contribution is -2.29. The molecule has 2 atom stereocenters. The molecule has 1 N–H and O–H groups in total. The number of rotatable bonds is 9. The third-order valence-corrected chi connectivity index (χ3v) is 6.49. The van der Waals surface area contributed by atoms with E-state index in [1.54, 1.807) is 7.11 Å². The highest BCUT2D eigenvalue weighted by Gasteiger charge is 2.45. The fourth-order valence-corrected chi connectivity index (χ4v) is 5.10. The van der Waals surface area contributed by atoms with Gasteiger partial charge in [0.1, 0.15) is 5.82 Å². The molecule has 0 saturated heterocycles. The van der Waals surface area contributed by atoms with E-state index >= 15 is 0 Å². The summed E-state index contributed by atoms with van der Waals surface area (Å²) in [4.78, 5) is 16.3. The predicted octanol–water partition coefficient (Wildman–Crippen LogP) is 6.55. The highest BCUT2D eigenvalue weighted by molar-refractivity contribution is 6.06. The van der Waals surface area contributed by atoms with Crippen molar-refractivity contribution >= 4 is 11.6 Å². The van der Waals surface area contributed by atoms with Gasteiger partial charge in [-0.3, -0.25) is 4.79 Å². The summed E-state index contributed by atoms with van der Waals surface area (Å²) in [7, 11) is 1.70. The maximum atomic E-state index is 13.9. The molecule has 4 nitrogen and oxygen atoms in total. The zero-order valence-electron chi connectivity index (χ0n) is 20.6. The van der Waals surface area contributed by atoms with Crippen LogP contribution in [0.4, 0.5) is 10.1 Å². The molecule has 3 aromatic carbocycles. The van der Waals surface area contributed by atoms with Gasteiger partial charge in [0.15, 0.2) is 0 Å². The van der Waals surface area contributed by atoms with Gasteiger partial charge in [0.05, 0.1) is 6.04 Å². The Kier molecular flexibility index (Phi) is 7.98. The van der Waals surface area contributed by atoms with Crippen molar-refractivity contribution in [3.8, 4) is 0 Å². The Hall–Kier alpha value is -3.44. The molecule has 4 rings (SSSR count). The van der Waals surface area contributed by atoms with Crippen LogP contribution in [0.5, 0.6) is 0 Å². The first kappa shape index (κ1) is 24.7. The SMILES string of the molecule is COCCCN1C(C(C)C)=C(C(=O)Nc2ccccc2)C(c2ccccc2)C1c1ccc(F)cc1.